The molecule has 1 saturated heterocycles. The highest BCUT2D eigenvalue weighted by Gasteiger charge is 2.24. The van der Waals surface area contributed by atoms with Crippen molar-refractivity contribution in [2.45, 2.75) is 13.8 Å². The standard InChI is InChI=1S/C22H23FN4O/c1-15-3-8-19(16(2)13-15)22(28)27-11-9-26(10-12-27)21-14-20(24-25-21)17-4-6-18(23)7-5-17/h3-8,13-14H,9-12H2,1-2H3,(H,24,25). The second-order valence-electron chi connectivity index (χ2n) is 7.24. The minimum atomic E-state index is -0.256. The van der Waals surface area contributed by atoms with E-state index in [0.29, 0.717) is 13.1 Å². The number of aromatic amines is 1. The number of nitrogens with zero attached hydrogens (tertiary/aromatic N) is 3. The summed E-state index contributed by atoms with van der Waals surface area (Å²) in [5, 5.41) is 7.41. The predicted molar refractivity (Wildman–Crippen MR) is 108 cm³/mol. The molecular formula is C22H23FN4O. The number of benzene rings is 2. The van der Waals surface area contributed by atoms with Crippen molar-refractivity contribution in [1.29, 1.82) is 0 Å². The summed E-state index contributed by atoms with van der Waals surface area (Å²) in [6.07, 6.45) is 0. The number of aromatic nitrogens is 2. The average Bonchev–Trinajstić information content (AvgIpc) is 3.18. The van der Waals surface area contributed by atoms with Crippen molar-refractivity contribution >= 4 is 11.7 Å². The second-order valence-corrected chi connectivity index (χ2v) is 7.24. The van der Waals surface area contributed by atoms with Crippen molar-refractivity contribution < 1.29 is 9.18 Å². The summed E-state index contributed by atoms with van der Waals surface area (Å²) in [5.74, 6) is 0.678. The third kappa shape index (κ3) is 3.63. The molecule has 1 aliphatic rings. The molecule has 3 aromatic rings. The summed E-state index contributed by atoms with van der Waals surface area (Å²) >= 11 is 0. The van der Waals surface area contributed by atoms with Crippen LogP contribution in [-0.4, -0.2) is 47.2 Å². The van der Waals surface area contributed by atoms with Gasteiger partial charge in [-0.2, -0.15) is 5.10 Å². The largest absolute Gasteiger partial charge is 0.352 e. The van der Waals surface area contributed by atoms with Crippen LogP contribution in [0.2, 0.25) is 0 Å². The first-order valence-electron chi connectivity index (χ1n) is 9.44. The van der Waals surface area contributed by atoms with Crippen LogP contribution in [0.3, 0.4) is 0 Å². The van der Waals surface area contributed by atoms with Gasteiger partial charge < -0.3 is 9.80 Å². The Balaban J connectivity index is 1.41. The quantitative estimate of drug-likeness (QED) is 0.754. The first-order chi connectivity index (χ1) is 13.5. The Morgan fingerprint density at radius 2 is 1.71 bits per heavy atom. The number of hydrogen-bond acceptors (Lipinski definition) is 3. The number of nitrogens with one attached hydrogen (secondary N) is 1. The molecule has 1 N–H and O–H groups in total. The second kappa shape index (κ2) is 7.46. The van der Waals surface area contributed by atoms with Crippen LogP contribution in [0, 0.1) is 19.7 Å². The van der Waals surface area contributed by atoms with Gasteiger partial charge in [0.25, 0.3) is 5.91 Å². The lowest BCUT2D eigenvalue weighted by molar-refractivity contribution is 0.0746. The molecule has 1 aliphatic heterocycles. The van der Waals surface area contributed by atoms with Crippen molar-refractivity contribution in [3.8, 4) is 11.3 Å². The van der Waals surface area contributed by atoms with Gasteiger partial charge in [0.1, 0.15) is 5.82 Å². The molecule has 0 spiro atoms. The molecule has 4 rings (SSSR count). The van der Waals surface area contributed by atoms with Gasteiger partial charge in [-0.3, -0.25) is 9.89 Å². The summed E-state index contributed by atoms with van der Waals surface area (Å²) < 4.78 is 13.1. The summed E-state index contributed by atoms with van der Waals surface area (Å²) in [6.45, 7) is 6.78. The zero-order chi connectivity index (χ0) is 19.7. The first kappa shape index (κ1) is 18.2. The van der Waals surface area contributed by atoms with E-state index in [-0.39, 0.29) is 11.7 Å². The number of carbonyl (C=O) groups excluding carboxylic acids is 1. The Bertz CT molecular complexity index is 988. The monoisotopic (exact) mass is 378 g/mol. The third-order valence-electron chi connectivity index (χ3n) is 5.22. The Morgan fingerprint density at radius 1 is 1.00 bits per heavy atom. The highest BCUT2D eigenvalue weighted by molar-refractivity contribution is 5.95. The highest BCUT2D eigenvalue weighted by atomic mass is 19.1. The van der Waals surface area contributed by atoms with Crippen LogP contribution in [0.1, 0.15) is 21.5 Å². The van der Waals surface area contributed by atoms with Gasteiger partial charge in [0, 0.05) is 37.8 Å². The van der Waals surface area contributed by atoms with Crippen LogP contribution in [-0.2, 0) is 0 Å². The molecule has 1 aromatic heterocycles. The van der Waals surface area contributed by atoms with E-state index in [1.807, 2.05) is 43.0 Å². The lowest BCUT2D eigenvalue weighted by atomic mass is 10.0. The summed E-state index contributed by atoms with van der Waals surface area (Å²) in [5.41, 5.74) is 4.70. The van der Waals surface area contributed by atoms with Gasteiger partial charge in [0.05, 0.1) is 5.69 Å². The summed E-state index contributed by atoms with van der Waals surface area (Å²) in [7, 11) is 0. The molecule has 0 radical (unpaired) electrons. The van der Waals surface area contributed by atoms with Gasteiger partial charge in [-0.1, -0.05) is 17.7 Å². The minimum Gasteiger partial charge on any atom is -0.352 e. The van der Waals surface area contributed by atoms with Crippen molar-refractivity contribution in [3.05, 3.63) is 71.0 Å². The number of amides is 1. The number of halogens is 1. The SMILES string of the molecule is Cc1ccc(C(=O)N2CCN(c3cc(-c4ccc(F)cc4)[nH]n3)CC2)c(C)c1. The van der Waals surface area contributed by atoms with E-state index in [9.17, 15) is 9.18 Å². The Morgan fingerprint density at radius 3 is 2.39 bits per heavy atom. The van der Waals surface area contributed by atoms with E-state index >= 15 is 0 Å². The lowest BCUT2D eigenvalue weighted by Gasteiger charge is -2.35. The molecule has 2 aromatic carbocycles. The number of piperazine rings is 1. The van der Waals surface area contributed by atoms with E-state index in [0.717, 1.165) is 46.9 Å². The maximum absolute atomic E-state index is 13.1. The van der Waals surface area contributed by atoms with E-state index in [2.05, 4.69) is 15.1 Å². The first-order valence-corrected chi connectivity index (χ1v) is 9.44. The molecule has 2 heterocycles. The summed E-state index contributed by atoms with van der Waals surface area (Å²) in [4.78, 5) is 16.9. The fourth-order valence-corrected chi connectivity index (χ4v) is 3.61. The van der Waals surface area contributed by atoms with Crippen LogP contribution in [0.15, 0.2) is 48.5 Å². The van der Waals surface area contributed by atoms with Gasteiger partial charge in [0.2, 0.25) is 0 Å². The average molecular weight is 378 g/mol. The number of anilines is 1. The molecule has 5 nitrogen and oxygen atoms in total. The van der Waals surface area contributed by atoms with Crippen molar-refractivity contribution in [2.75, 3.05) is 31.1 Å². The van der Waals surface area contributed by atoms with Gasteiger partial charge in [-0.15, -0.1) is 0 Å². The fourth-order valence-electron chi connectivity index (χ4n) is 3.61. The third-order valence-corrected chi connectivity index (χ3v) is 5.22. The Kier molecular flexibility index (Phi) is 4.86. The Labute approximate surface area is 163 Å². The number of aryl methyl sites for hydroxylation is 2. The smallest absolute Gasteiger partial charge is 0.254 e. The van der Waals surface area contributed by atoms with Crippen molar-refractivity contribution in [3.63, 3.8) is 0 Å². The van der Waals surface area contributed by atoms with E-state index in [4.69, 9.17) is 0 Å². The predicted octanol–water partition coefficient (Wildman–Crippen LogP) is 3.80. The normalized spacial score (nSPS) is 14.4. The number of hydrogen-bond donors (Lipinski definition) is 1. The molecule has 0 saturated carbocycles. The van der Waals surface area contributed by atoms with Gasteiger partial charge >= 0.3 is 0 Å². The van der Waals surface area contributed by atoms with Crippen molar-refractivity contribution in [2.24, 2.45) is 0 Å². The minimum absolute atomic E-state index is 0.0891. The maximum Gasteiger partial charge on any atom is 0.254 e. The van der Waals surface area contributed by atoms with E-state index in [1.165, 1.54) is 12.1 Å². The number of carbonyl (C=O) groups is 1. The number of H-pyrrole nitrogens is 1. The van der Waals surface area contributed by atoms with Gasteiger partial charge in [-0.05, 0) is 55.3 Å². The topological polar surface area (TPSA) is 52.2 Å². The van der Waals surface area contributed by atoms with Crippen LogP contribution >= 0.6 is 0 Å². The molecule has 0 bridgehead atoms. The highest BCUT2D eigenvalue weighted by Crippen LogP contribution is 2.23. The molecule has 28 heavy (non-hydrogen) atoms. The molecule has 0 aliphatic carbocycles. The molecule has 6 heteroatoms. The van der Waals surface area contributed by atoms with E-state index < -0.39 is 0 Å². The fraction of sp³-hybridized carbons (Fsp3) is 0.273. The van der Waals surface area contributed by atoms with Crippen molar-refractivity contribution in [1.82, 2.24) is 15.1 Å². The Hall–Kier alpha value is -3.15. The zero-order valence-electron chi connectivity index (χ0n) is 16.1. The van der Waals surface area contributed by atoms with Gasteiger partial charge in [-0.25, -0.2) is 4.39 Å². The van der Waals surface area contributed by atoms with Gasteiger partial charge in [0.15, 0.2) is 5.82 Å². The van der Waals surface area contributed by atoms with Crippen LogP contribution in [0.5, 0.6) is 0 Å². The molecule has 1 amide bonds. The lowest BCUT2D eigenvalue weighted by Crippen LogP contribution is -2.49. The van der Waals surface area contributed by atoms with Crippen LogP contribution in [0.25, 0.3) is 11.3 Å². The van der Waals surface area contributed by atoms with Crippen LogP contribution < -0.4 is 4.90 Å². The molecule has 1 fully saturated rings. The van der Waals surface area contributed by atoms with E-state index in [1.54, 1.807) is 12.1 Å². The maximum atomic E-state index is 13.1. The summed E-state index contributed by atoms with van der Waals surface area (Å²) in [6, 6.07) is 14.2. The number of rotatable bonds is 3. The molecule has 0 atom stereocenters. The molecule has 0 unspecified atom stereocenters. The zero-order valence-corrected chi connectivity index (χ0v) is 16.1. The molecule has 144 valence electrons. The molecular weight excluding hydrogens is 355 g/mol. The van der Waals surface area contributed by atoms with Crippen LogP contribution in [0.4, 0.5) is 10.2 Å².